The summed E-state index contributed by atoms with van der Waals surface area (Å²) in [6.45, 7) is 0.511. The number of anilines is 1. The van der Waals surface area contributed by atoms with Crippen molar-refractivity contribution in [1.82, 2.24) is 19.5 Å². The maximum absolute atomic E-state index is 12.1. The smallest absolute Gasteiger partial charge is 0.394 e. The molecule has 1 aliphatic rings. The fourth-order valence-corrected chi connectivity index (χ4v) is 3.30. The molecule has 3 heterocycles. The number of aliphatic hydroxyl groups is 2. The first-order valence-electron chi connectivity index (χ1n) is 7.53. The van der Waals surface area contributed by atoms with Crippen molar-refractivity contribution < 1.29 is 38.6 Å². The minimum Gasteiger partial charge on any atom is -0.394 e. The van der Waals surface area contributed by atoms with Gasteiger partial charge in [0, 0.05) is 6.92 Å². The quantitative estimate of drug-likeness (QED) is 0.294. The van der Waals surface area contributed by atoms with Crippen molar-refractivity contribution in [1.29, 1.82) is 0 Å². The first-order chi connectivity index (χ1) is 12.6. The molecule has 0 radical (unpaired) electrons. The molecule has 1 fully saturated rings. The number of phosphoric ester groups is 1. The second-order valence-electron chi connectivity index (χ2n) is 5.72. The van der Waals surface area contributed by atoms with Crippen molar-refractivity contribution in [3.63, 3.8) is 0 Å². The molecule has 4 atom stereocenters. The second-order valence-corrected chi connectivity index (χ2v) is 6.91. The van der Waals surface area contributed by atoms with Crippen LogP contribution in [0.5, 0.6) is 0 Å². The molecule has 27 heavy (non-hydrogen) atoms. The van der Waals surface area contributed by atoms with Gasteiger partial charge in [0.25, 0.3) is 5.56 Å². The molecular formula is C12H16N5O9P. The third-order valence-corrected chi connectivity index (χ3v) is 4.27. The molecule has 0 aliphatic carbocycles. The molecule has 0 saturated carbocycles. The van der Waals surface area contributed by atoms with E-state index in [0.717, 1.165) is 10.9 Å². The number of carbonyl (C=O) groups is 1. The molecule has 14 nitrogen and oxygen atoms in total. The predicted molar refractivity (Wildman–Crippen MR) is 86.4 cm³/mol. The maximum atomic E-state index is 12.1. The molecule has 1 saturated heterocycles. The number of aromatic amines is 1. The molecule has 0 unspecified atom stereocenters. The lowest BCUT2D eigenvalue weighted by atomic mass is 10.1. The van der Waals surface area contributed by atoms with Crippen LogP contribution in [0.1, 0.15) is 13.2 Å². The van der Waals surface area contributed by atoms with E-state index in [1.165, 1.54) is 6.92 Å². The highest BCUT2D eigenvalue weighted by molar-refractivity contribution is 7.46. The van der Waals surface area contributed by atoms with E-state index in [-0.39, 0.29) is 17.1 Å². The van der Waals surface area contributed by atoms with Crippen LogP contribution in [0.4, 0.5) is 5.95 Å². The summed E-state index contributed by atoms with van der Waals surface area (Å²) < 4.78 is 22.1. The number of imidazole rings is 1. The Morgan fingerprint density at radius 3 is 2.81 bits per heavy atom. The number of hydrogen-bond acceptors (Lipinski definition) is 9. The Hall–Kier alpha value is -2.19. The molecule has 0 spiro atoms. The fraction of sp³-hybridized carbons (Fsp3) is 0.500. The summed E-state index contributed by atoms with van der Waals surface area (Å²) in [4.78, 5) is 51.4. The summed E-state index contributed by atoms with van der Waals surface area (Å²) in [5.41, 5.74) is -0.864. The number of nitrogens with one attached hydrogen (secondary N) is 2. The Morgan fingerprint density at radius 1 is 1.52 bits per heavy atom. The summed E-state index contributed by atoms with van der Waals surface area (Å²) in [5, 5.41) is 22.0. The molecule has 1 aliphatic heterocycles. The number of carbonyl (C=O) groups excluding carboxylic acids is 1. The van der Waals surface area contributed by atoms with Crippen LogP contribution in [0.2, 0.25) is 0 Å². The van der Waals surface area contributed by atoms with Gasteiger partial charge in [-0.05, 0) is 0 Å². The third kappa shape index (κ3) is 3.91. The molecule has 3 rings (SSSR count). The third-order valence-electron chi connectivity index (χ3n) is 3.75. The van der Waals surface area contributed by atoms with Crippen LogP contribution < -0.4 is 10.9 Å². The first kappa shape index (κ1) is 19.6. The Bertz CT molecular complexity index is 968. The first-order valence-corrected chi connectivity index (χ1v) is 9.06. The van der Waals surface area contributed by atoms with Crippen molar-refractivity contribution in [3.8, 4) is 0 Å². The highest BCUT2D eigenvalue weighted by Crippen LogP contribution is 2.44. The Morgan fingerprint density at radius 2 is 2.22 bits per heavy atom. The standard InChI is InChI=1S/C12H16N5O9P/c1-4(19)14-12-15-9-6(10(21)16-12)13-3-17(9)11-7(20)8(5(2-18)25-11)26-27(22,23)24/h3,5,7-8,11,18,20H,2H2,1H3,(H2,22,23,24)(H2,14,15,16,19,21)/t5-,7-,8-,11-/m1/s1. The Kier molecular flexibility index (Phi) is 5.14. The van der Waals surface area contributed by atoms with Gasteiger partial charge in [-0.1, -0.05) is 0 Å². The van der Waals surface area contributed by atoms with Gasteiger partial charge in [-0.2, -0.15) is 4.98 Å². The number of fused-ring (bicyclic) bond motifs is 1. The number of rotatable bonds is 5. The van der Waals surface area contributed by atoms with Gasteiger partial charge in [-0.3, -0.25) is 29.0 Å². The summed E-state index contributed by atoms with van der Waals surface area (Å²) in [5.74, 6) is -0.660. The van der Waals surface area contributed by atoms with E-state index in [2.05, 4.69) is 24.8 Å². The van der Waals surface area contributed by atoms with Gasteiger partial charge in [0.05, 0.1) is 12.9 Å². The van der Waals surface area contributed by atoms with E-state index < -0.39 is 50.4 Å². The second kappa shape index (κ2) is 7.09. The largest absolute Gasteiger partial charge is 0.470 e. The van der Waals surface area contributed by atoms with Gasteiger partial charge in [0.1, 0.15) is 18.3 Å². The number of ether oxygens (including phenoxy) is 1. The van der Waals surface area contributed by atoms with Gasteiger partial charge in [-0.25, -0.2) is 9.55 Å². The number of aromatic nitrogens is 4. The SMILES string of the molecule is CC(=O)Nc1nc2c(ncn2[C@@H]2O[C@H](CO)[C@@H](OP(=O)(O)O)[C@H]2O)c(=O)[nH]1. The highest BCUT2D eigenvalue weighted by Gasteiger charge is 2.48. The van der Waals surface area contributed by atoms with Crippen molar-refractivity contribution in [2.75, 3.05) is 11.9 Å². The number of nitrogens with zero attached hydrogens (tertiary/aromatic N) is 3. The molecule has 148 valence electrons. The summed E-state index contributed by atoms with van der Waals surface area (Å²) >= 11 is 0. The fourth-order valence-electron chi connectivity index (χ4n) is 2.72. The normalized spacial score (nSPS) is 25.8. The molecular weight excluding hydrogens is 389 g/mol. The van der Waals surface area contributed by atoms with E-state index in [0.29, 0.717) is 0 Å². The lowest BCUT2D eigenvalue weighted by Gasteiger charge is -2.20. The van der Waals surface area contributed by atoms with E-state index in [1.54, 1.807) is 0 Å². The number of aliphatic hydroxyl groups excluding tert-OH is 2. The van der Waals surface area contributed by atoms with E-state index >= 15 is 0 Å². The van der Waals surface area contributed by atoms with E-state index in [4.69, 9.17) is 14.5 Å². The zero-order valence-electron chi connectivity index (χ0n) is 13.7. The Balaban J connectivity index is 2.01. The predicted octanol–water partition coefficient (Wildman–Crippen LogP) is -2.19. The molecule has 2 aromatic rings. The monoisotopic (exact) mass is 405 g/mol. The zero-order valence-corrected chi connectivity index (χ0v) is 14.6. The van der Waals surface area contributed by atoms with Crippen molar-refractivity contribution >= 4 is 30.8 Å². The lowest BCUT2D eigenvalue weighted by molar-refractivity contribution is -0.114. The molecule has 0 bridgehead atoms. The highest BCUT2D eigenvalue weighted by atomic mass is 31.2. The topological polar surface area (TPSA) is 209 Å². The van der Waals surface area contributed by atoms with E-state index in [1.807, 2.05) is 0 Å². The van der Waals surface area contributed by atoms with Gasteiger partial charge >= 0.3 is 7.82 Å². The number of H-pyrrole nitrogens is 1. The summed E-state index contributed by atoms with van der Waals surface area (Å²) in [6, 6.07) is 0. The average Bonchev–Trinajstić information content (AvgIpc) is 3.08. The summed E-state index contributed by atoms with van der Waals surface area (Å²) in [7, 11) is -4.98. The van der Waals surface area contributed by atoms with Crippen LogP contribution in [-0.2, 0) is 18.6 Å². The zero-order chi connectivity index (χ0) is 19.9. The molecule has 2 aromatic heterocycles. The number of hydrogen-bond donors (Lipinski definition) is 6. The average molecular weight is 405 g/mol. The van der Waals surface area contributed by atoms with Gasteiger partial charge < -0.3 is 24.7 Å². The van der Waals surface area contributed by atoms with E-state index in [9.17, 15) is 24.4 Å². The van der Waals surface area contributed by atoms with Crippen LogP contribution in [0, 0.1) is 0 Å². The Labute approximate surface area is 150 Å². The van der Waals surface area contributed by atoms with Gasteiger partial charge in [0.2, 0.25) is 11.9 Å². The van der Waals surface area contributed by atoms with Gasteiger partial charge in [-0.15, -0.1) is 0 Å². The molecule has 6 N–H and O–H groups in total. The number of amides is 1. The van der Waals surface area contributed by atoms with Crippen LogP contribution in [0.15, 0.2) is 11.1 Å². The number of phosphoric acid groups is 1. The van der Waals surface area contributed by atoms with Crippen LogP contribution in [-0.4, -0.2) is 70.3 Å². The van der Waals surface area contributed by atoms with Gasteiger partial charge in [0.15, 0.2) is 17.4 Å². The molecule has 1 amide bonds. The van der Waals surface area contributed by atoms with Crippen molar-refractivity contribution in [2.45, 2.75) is 31.5 Å². The van der Waals surface area contributed by atoms with Crippen molar-refractivity contribution in [2.24, 2.45) is 0 Å². The van der Waals surface area contributed by atoms with Crippen LogP contribution in [0.25, 0.3) is 11.2 Å². The minimum atomic E-state index is -4.98. The molecule has 0 aromatic carbocycles. The minimum absolute atomic E-state index is 0.0694. The van der Waals surface area contributed by atoms with Crippen molar-refractivity contribution in [3.05, 3.63) is 16.7 Å². The molecule has 15 heteroatoms. The maximum Gasteiger partial charge on any atom is 0.470 e. The summed E-state index contributed by atoms with van der Waals surface area (Å²) in [6.07, 6.45) is -4.63. The van der Waals surface area contributed by atoms with Crippen LogP contribution in [0.3, 0.4) is 0 Å². The van der Waals surface area contributed by atoms with Crippen LogP contribution >= 0.6 is 7.82 Å². The lowest BCUT2D eigenvalue weighted by Crippen LogP contribution is -2.35.